The zero-order valence-corrected chi connectivity index (χ0v) is 13.6. The van der Waals surface area contributed by atoms with E-state index in [0.717, 1.165) is 18.4 Å². The summed E-state index contributed by atoms with van der Waals surface area (Å²) in [4.78, 5) is 14.5. The highest BCUT2D eigenvalue weighted by Gasteiger charge is 2.43. The second kappa shape index (κ2) is 5.78. The lowest BCUT2D eigenvalue weighted by Crippen LogP contribution is -2.47. The molecule has 0 aromatic rings. The van der Waals surface area contributed by atoms with Crippen molar-refractivity contribution in [3.05, 3.63) is 0 Å². The maximum Gasteiger partial charge on any atom is 0.317 e. The molecule has 0 spiro atoms. The monoisotopic (exact) mass is 314 g/mol. The van der Waals surface area contributed by atoms with E-state index in [9.17, 15) is 13.2 Å². The van der Waals surface area contributed by atoms with E-state index >= 15 is 0 Å². The summed E-state index contributed by atoms with van der Waals surface area (Å²) in [5, 5.41) is 2.92. The maximum absolute atomic E-state index is 12.4. The Balaban J connectivity index is 1.53. The Morgan fingerprint density at radius 2 is 1.71 bits per heavy atom. The fraction of sp³-hybridized carbons (Fsp3) is 0.933. The summed E-state index contributed by atoms with van der Waals surface area (Å²) in [5.41, 5.74) is 0. The summed E-state index contributed by atoms with van der Waals surface area (Å²) in [6.45, 7) is 1.35. The van der Waals surface area contributed by atoms with Gasteiger partial charge in [0.15, 0.2) is 0 Å². The smallest absolute Gasteiger partial charge is 0.317 e. The van der Waals surface area contributed by atoms with Crippen LogP contribution in [0.3, 0.4) is 0 Å². The molecule has 4 aliphatic rings. The van der Waals surface area contributed by atoms with Crippen molar-refractivity contribution < 1.29 is 13.2 Å². The predicted molar refractivity (Wildman–Crippen MR) is 81.8 cm³/mol. The number of rotatable bonds is 4. The SMILES string of the molecule is CS(=O)(=O)CCCNC(=O)N1CC2CC3CC(C2)CC1C3. The number of amides is 2. The van der Waals surface area contributed by atoms with Gasteiger partial charge in [-0.2, -0.15) is 0 Å². The Morgan fingerprint density at radius 1 is 1.10 bits per heavy atom. The van der Waals surface area contributed by atoms with Crippen molar-refractivity contribution in [2.24, 2.45) is 17.8 Å². The van der Waals surface area contributed by atoms with Crippen molar-refractivity contribution in [2.75, 3.05) is 25.1 Å². The molecule has 120 valence electrons. The van der Waals surface area contributed by atoms with Crippen molar-refractivity contribution in [1.82, 2.24) is 10.2 Å². The number of carbonyl (C=O) groups excluding carboxylic acids is 1. The summed E-state index contributed by atoms with van der Waals surface area (Å²) in [5.74, 6) is 2.48. The lowest BCUT2D eigenvalue weighted by Gasteiger charge is -2.38. The van der Waals surface area contributed by atoms with Crippen LogP contribution in [0.4, 0.5) is 4.79 Å². The zero-order valence-electron chi connectivity index (χ0n) is 12.8. The average Bonchev–Trinajstić information content (AvgIpc) is 2.57. The van der Waals surface area contributed by atoms with Crippen molar-refractivity contribution in [2.45, 2.75) is 44.6 Å². The highest BCUT2D eigenvalue weighted by atomic mass is 32.2. The molecule has 4 bridgehead atoms. The van der Waals surface area contributed by atoms with Gasteiger partial charge in [-0.15, -0.1) is 0 Å². The van der Waals surface area contributed by atoms with Gasteiger partial charge in [-0.05, 0) is 56.3 Å². The first-order valence-corrected chi connectivity index (χ1v) is 10.2. The van der Waals surface area contributed by atoms with Gasteiger partial charge < -0.3 is 10.2 Å². The number of hydrogen-bond acceptors (Lipinski definition) is 3. The van der Waals surface area contributed by atoms with Gasteiger partial charge in [-0.25, -0.2) is 13.2 Å². The number of carbonyl (C=O) groups is 1. The van der Waals surface area contributed by atoms with Gasteiger partial charge in [-0.3, -0.25) is 0 Å². The van der Waals surface area contributed by atoms with Gasteiger partial charge in [0.1, 0.15) is 9.84 Å². The van der Waals surface area contributed by atoms with E-state index in [2.05, 4.69) is 5.32 Å². The third-order valence-electron chi connectivity index (χ3n) is 5.34. The van der Waals surface area contributed by atoms with Gasteiger partial charge in [0.05, 0.1) is 5.75 Å². The first-order chi connectivity index (χ1) is 9.90. The molecule has 4 rings (SSSR count). The summed E-state index contributed by atoms with van der Waals surface area (Å²) in [7, 11) is -2.93. The lowest BCUT2D eigenvalue weighted by molar-refractivity contribution is 0.132. The van der Waals surface area contributed by atoms with Gasteiger partial charge in [0.25, 0.3) is 0 Å². The molecule has 2 unspecified atom stereocenters. The van der Waals surface area contributed by atoms with Gasteiger partial charge in [-0.1, -0.05) is 0 Å². The van der Waals surface area contributed by atoms with Crippen molar-refractivity contribution in [3.63, 3.8) is 0 Å². The third kappa shape index (κ3) is 3.71. The highest BCUT2D eigenvalue weighted by molar-refractivity contribution is 7.90. The molecule has 2 heterocycles. The Labute approximate surface area is 127 Å². The molecule has 0 radical (unpaired) electrons. The fourth-order valence-electron chi connectivity index (χ4n) is 4.66. The summed E-state index contributed by atoms with van der Waals surface area (Å²) < 4.78 is 22.2. The lowest BCUT2D eigenvalue weighted by atomic mass is 9.68. The molecule has 0 aromatic heterocycles. The predicted octanol–water partition coefficient (Wildman–Crippen LogP) is 1.64. The minimum absolute atomic E-state index is 0.0155. The van der Waals surface area contributed by atoms with Crippen LogP contribution in [0.2, 0.25) is 0 Å². The Hall–Kier alpha value is -0.780. The van der Waals surface area contributed by atoms with E-state index in [1.54, 1.807) is 0 Å². The number of fused-ring (bicyclic) bond motifs is 1. The summed E-state index contributed by atoms with van der Waals surface area (Å²) in [6, 6.07) is 0.429. The number of sulfone groups is 1. The second-order valence-corrected chi connectivity index (χ2v) is 9.56. The van der Waals surface area contributed by atoms with Crippen LogP contribution in [-0.2, 0) is 9.84 Å². The van der Waals surface area contributed by atoms with Crippen molar-refractivity contribution in [1.29, 1.82) is 0 Å². The highest BCUT2D eigenvalue weighted by Crippen LogP contribution is 2.47. The minimum Gasteiger partial charge on any atom is -0.338 e. The molecule has 2 amide bonds. The second-order valence-electron chi connectivity index (χ2n) is 7.30. The van der Waals surface area contributed by atoms with Crippen LogP contribution < -0.4 is 5.32 Å². The molecule has 4 fully saturated rings. The van der Waals surface area contributed by atoms with E-state index in [1.165, 1.54) is 38.4 Å². The van der Waals surface area contributed by atoms with Crippen LogP contribution in [0.1, 0.15) is 38.5 Å². The first-order valence-electron chi connectivity index (χ1n) is 8.13. The largest absolute Gasteiger partial charge is 0.338 e. The molecule has 0 aromatic carbocycles. The molecular weight excluding hydrogens is 288 g/mol. The molecule has 5 nitrogen and oxygen atoms in total. The molecule has 2 atom stereocenters. The topological polar surface area (TPSA) is 66.5 Å². The van der Waals surface area contributed by atoms with Crippen LogP contribution >= 0.6 is 0 Å². The van der Waals surface area contributed by atoms with Gasteiger partial charge in [0, 0.05) is 25.4 Å². The van der Waals surface area contributed by atoms with E-state index in [1.807, 2.05) is 4.90 Å². The summed E-state index contributed by atoms with van der Waals surface area (Å²) >= 11 is 0. The minimum atomic E-state index is -2.93. The molecule has 2 aliphatic carbocycles. The van der Waals surface area contributed by atoms with E-state index in [0.29, 0.717) is 24.9 Å². The first kappa shape index (κ1) is 15.1. The number of nitrogens with one attached hydrogen (secondary N) is 1. The normalized spacial score (nSPS) is 34.8. The molecule has 2 saturated carbocycles. The quantitative estimate of drug-likeness (QED) is 0.802. The van der Waals surface area contributed by atoms with Crippen LogP contribution in [0.5, 0.6) is 0 Å². The fourth-order valence-corrected chi connectivity index (χ4v) is 5.33. The summed E-state index contributed by atoms with van der Waals surface area (Å²) in [6.07, 6.45) is 8.04. The Kier molecular flexibility index (Phi) is 4.17. The van der Waals surface area contributed by atoms with Crippen molar-refractivity contribution >= 4 is 15.9 Å². The standard InChI is InChI=1S/C15H26N2O3S/c1-21(19,20)4-2-3-16-15(18)17-10-13-6-11-5-12(7-13)9-14(17)8-11/h11-14H,2-10H2,1H3,(H,16,18). The van der Waals surface area contributed by atoms with Gasteiger partial charge >= 0.3 is 6.03 Å². The van der Waals surface area contributed by atoms with Crippen LogP contribution in [0.25, 0.3) is 0 Å². The number of hydrogen-bond donors (Lipinski definition) is 1. The van der Waals surface area contributed by atoms with E-state index in [-0.39, 0.29) is 11.8 Å². The van der Waals surface area contributed by atoms with Crippen LogP contribution in [-0.4, -0.2) is 50.5 Å². The van der Waals surface area contributed by atoms with Crippen LogP contribution in [0, 0.1) is 17.8 Å². The van der Waals surface area contributed by atoms with Crippen LogP contribution in [0.15, 0.2) is 0 Å². The maximum atomic E-state index is 12.4. The molecule has 6 heteroatoms. The van der Waals surface area contributed by atoms with E-state index < -0.39 is 9.84 Å². The number of urea groups is 1. The van der Waals surface area contributed by atoms with Gasteiger partial charge in [0.2, 0.25) is 0 Å². The third-order valence-corrected chi connectivity index (χ3v) is 6.37. The zero-order chi connectivity index (χ0) is 15.0. The van der Waals surface area contributed by atoms with Crippen molar-refractivity contribution in [3.8, 4) is 0 Å². The Morgan fingerprint density at radius 3 is 2.33 bits per heavy atom. The molecular formula is C15H26N2O3S. The average molecular weight is 314 g/mol. The number of nitrogens with zero attached hydrogens (tertiary/aromatic N) is 1. The Bertz CT molecular complexity index is 491. The molecule has 1 N–H and O–H groups in total. The molecule has 21 heavy (non-hydrogen) atoms. The molecule has 2 saturated heterocycles. The van der Waals surface area contributed by atoms with E-state index in [4.69, 9.17) is 0 Å². The molecule has 2 aliphatic heterocycles.